The molecule has 0 radical (unpaired) electrons. The van der Waals surface area contributed by atoms with Crippen LogP contribution in [-0.2, 0) is 4.74 Å². The molecule has 2 heterocycles. The maximum absolute atomic E-state index is 5.61. The Hall–Kier alpha value is -0.120. The van der Waals surface area contributed by atoms with Crippen molar-refractivity contribution < 1.29 is 4.74 Å². The van der Waals surface area contributed by atoms with Crippen LogP contribution in [0.3, 0.4) is 0 Å². The van der Waals surface area contributed by atoms with E-state index in [1.54, 1.807) is 0 Å². The molecule has 1 unspecified atom stereocenters. The van der Waals surface area contributed by atoms with Crippen molar-refractivity contribution in [3.8, 4) is 0 Å². The fraction of sp³-hybridized carbons (Fsp3) is 1.00. The van der Waals surface area contributed by atoms with Crippen molar-refractivity contribution in [3.05, 3.63) is 0 Å². The van der Waals surface area contributed by atoms with Crippen LogP contribution in [-0.4, -0.2) is 43.4 Å². The van der Waals surface area contributed by atoms with E-state index < -0.39 is 0 Å². The minimum absolute atomic E-state index is 0.348. The minimum atomic E-state index is 0.348. The first-order valence-corrected chi connectivity index (χ1v) is 6.34. The van der Waals surface area contributed by atoms with Crippen LogP contribution in [0, 0.1) is 5.92 Å². The molecule has 3 heteroatoms. The van der Waals surface area contributed by atoms with E-state index in [-0.39, 0.29) is 0 Å². The summed E-state index contributed by atoms with van der Waals surface area (Å²) in [6.45, 7) is 9.07. The van der Waals surface area contributed by atoms with Gasteiger partial charge in [-0.25, -0.2) is 0 Å². The van der Waals surface area contributed by atoms with Gasteiger partial charge < -0.3 is 9.64 Å². The van der Waals surface area contributed by atoms with Crippen molar-refractivity contribution in [1.29, 1.82) is 0 Å². The first-order valence-electron chi connectivity index (χ1n) is 6.34. The number of hydrogen-bond donors (Lipinski definition) is 1. The number of likely N-dealkylation sites (tertiary alicyclic amines) is 1. The zero-order chi connectivity index (χ0) is 10.7. The van der Waals surface area contributed by atoms with Crippen molar-refractivity contribution in [1.82, 2.24) is 10.2 Å². The Morgan fingerprint density at radius 3 is 2.60 bits per heavy atom. The van der Waals surface area contributed by atoms with E-state index in [2.05, 4.69) is 24.1 Å². The lowest BCUT2D eigenvalue weighted by atomic mass is 9.92. The molecule has 2 fully saturated rings. The van der Waals surface area contributed by atoms with Crippen LogP contribution in [0.4, 0.5) is 0 Å². The molecule has 0 bridgehead atoms. The Labute approximate surface area is 93.2 Å². The third-order valence-electron chi connectivity index (χ3n) is 3.72. The summed E-state index contributed by atoms with van der Waals surface area (Å²) in [6.07, 6.45) is 4.26. The summed E-state index contributed by atoms with van der Waals surface area (Å²) >= 11 is 0. The molecule has 15 heavy (non-hydrogen) atoms. The third kappa shape index (κ3) is 3.16. The lowest BCUT2D eigenvalue weighted by Crippen LogP contribution is -2.39. The second kappa shape index (κ2) is 5.28. The monoisotopic (exact) mass is 212 g/mol. The maximum Gasteiger partial charge on any atom is 0.108 e. The van der Waals surface area contributed by atoms with Gasteiger partial charge in [0.15, 0.2) is 0 Å². The zero-order valence-corrected chi connectivity index (χ0v) is 10.0. The van der Waals surface area contributed by atoms with E-state index in [4.69, 9.17) is 4.74 Å². The van der Waals surface area contributed by atoms with Gasteiger partial charge in [-0.05, 0) is 52.1 Å². The van der Waals surface area contributed by atoms with Crippen molar-refractivity contribution in [2.24, 2.45) is 5.92 Å². The van der Waals surface area contributed by atoms with Crippen LogP contribution in [0.15, 0.2) is 0 Å². The Bertz CT molecular complexity index is 182. The SMILES string of the molecule is CC(C)N1CCC(CC2NCCO2)CC1. The van der Waals surface area contributed by atoms with Crippen LogP contribution < -0.4 is 5.32 Å². The summed E-state index contributed by atoms with van der Waals surface area (Å²) in [6, 6.07) is 0.715. The lowest BCUT2D eigenvalue weighted by Gasteiger charge is -2.35. The van der Waals surface area contributed by atoms with Gasteiger partial charge >= 0.3 is 0 Å². The van der Waals surface area contributed by atoms with E-state index in [1.165, 1.54) is 32.4 Å². The second-order valence-electron chi connectivity index (χ2n) is 5.12. The summed E-state index contributed by atoms with van der Waals surface area (Å²) in [5.74, 6) is 0.871. The van der Waals surface area contributed by atoms with Crippen molar-refractivity contribution in [3.63, 3.8) is 0 Å². The molecule has 0 amide bonds. The first kappa shape index (κ1) is 11.4. The van der Waals surface area contributed by atoms with Crippen LogP contribution in [0.25, 0.3) is 0 Å². The molecule has 0 aliphatic carbocycles. The van der Waals surface area contributed by atoms with E-state index in [1.807, 2.05) is 0 Å². The number of nitrogens with one attached hydrogen (secondary N) is 1. The van der Waals surface area contributed by atoms with Crippen LogP contribution in [0.1, 0.15) is 33.1 Å². The third-order valence-corrected chi connectivity index (χ3v) is 3.72. The standard InChI is InChI=1S/C12H24N2O/c1-10(2)14-6-3-11(4-7-14)9-12-13-5-8-15-12/h10-13H,3-9H2,1-2H3. The highest BCUT2D eigenvalue weighted by atomic mass is 16.5. The van der Waals surface area contributed by atoms with Crippen LogP contribution >= 0.6 is 0 Å². The first-order chi connectivity index (χ1) is 7.25. The summed E-state index contributed by atoms with van der Waals surface area (Å²) in [5.41, 5.74) is 0. The van der Waals surface area contributed by atoms with Gasteiger partial charge in [0.1, 0.15) is 6.23 Å². The summed E-state index contributed by atoms with van der Waals surface area (Å²) in [5, 5.41) is 3.40. The van der Waals surface area contributed by atoms with Gasteiger partial charge in [0, 0.05) is 12.6 Å². The molecule has 1 atom stereocenters. The number of rotatable bonds is 3. The van der Waals surface area contributed by atoms with Gasteiger partial charge in [-0.3, -0.25) is 5.32 Å². The summed E-state index contributed by atoms with van der Waals surface area (Å²) < 4.78 is 5.61. The van der Waals surface area contributed by atoms with Crippen molar-refractivity contribution >= 4 is 0 Å². The summed E-state index contributed by atoms with van der Waals surface area (Å²) in [7, 11) is 0. The number of ether oxygens (including phenoxy) is 1. The Balaban J connectivity index is 1.68. The molecular weight excluding hydrogens is 188 g/mol. The van der Waals surface area contributed by atoms with Gasteiger partial charge in [-0.15, -0.1) is 0 Å². The molecular formula is C12H24N2O. The normalized spacial score (nSPS) is 30.2. The molecule has 0 spiro atoms. The minimum Gasteiger partial charge on any atom is -0.362 e. The molecule has 2 saturated heterocycles. The highest BCUT2D eigenvalue weighted by molar-refractivity contribution is 4.77. The topological polar surface area (TPSA) is 24.5 Å². The molecule has 0 aromatic carbocycles. The highest BCUT2D eigenvalue weighted by Crippen LogP contribution is 2.24. The summed E-state index contributed by atoms with van der Waals surface area (Å²) in [4.78, 5) is 2.58. The predicted molar refractivity (Wildman–Crippen MR) is 61.8 cm³/mol. The quantitative estimate of drug-likeness (QED) is 0.766. The largest absolute Gasteiger partial charge is 0.362 e. The van der Waals surface area contributed by atoms with Crippen LogP contribution in [0.2, 0.25) is 0 Å². The predicted octanol–water partition coefficient (Wildman–Crippen LogP) is 1.44. The molecule has 0 aromatic heterocycles. The van der Waals surface area contributed by atoms with Gasteiger partial charge in [-0.1, -0.05) is 0 Å². The molecule has 0 saturated carbocycles. The average Bonchev–Trinajstić information content (AvgIpc) is 2.71. The van der Waals surface area contributed by atoms with E-state index >= 15 is 0 Å². The zero-order valence-electron chi connectivity index (χ0n) is 10.0. The Morgan fingerprint density at radius 1 is 1.33 bits per heavy atom. The molecule has 2 rings (SSSR count). The molecule has 2 aliphatic heterocycles. The van der Waals surface area contributed by atoms with E-state index in [9.17, 15) is 0 Å². The van der Waals surface area contributed by atoms with Crippen molar-refractivity contribution in [2.45, 2.75) is 45.4 Å². The Morgan fingerprint density at radius 2 is 2.07 bits per heavy atom. The van der Waals surface area contributed by atoms with Gasteiger partial charge in [0.05, 0.1) is 6.61 Å². The molecule has 1 N–H and O–H groups in total. The lowest BCUT2D eigenvalue weighted by molar-refractivity contribution is 0.0600. The smallest absolute Gasteiger partial charge is 0.108 e. The van der Waals surface area contributed by atoms with Gasteiger partial charge in [0.2, 0.25) is 0 Å². The average molecular weight is 212 g/mol. The molecule has 2 aliphatic rings. The number of piperidine rings is 1. The van der Waals surface area contributed by atoms with Gasteiger partial charge in [-0.2, -0.15) is 0 Å². The maximum atomic E-state index is 5.61. The fourth-order valence-electron chi connectivity index (χ4n) is 2.64. The van der Waals surface area contributed by atoms with E-state index in [0.29, 0.717) is 12.3 Å². The van der Waals surface area contributed by atoms with Crippen molar-refractivity contribution in [2.75, 3.05) is 26.2 Å². The molecule has 3 nitrogen and oxygen atoms in total. The second-order valence-corrected chi connectivity index (χ2v) is 5.12. The molecule has 0 aromatic rings. The highest BCUT2D eigenvalue weighted by Gasteiger charge is 2.25. The Kier molecular flexibility index (Phi) is 4.00. The number of nitrogens with zero attached hydrogens (tertiary/aromatic N) is 1. The van der Waals surface area contributed by atoms with Gasteiger partial charge in [0.25, 0.3) is 0 Å². The number of hydrogen-bond acceptors (Lipinski definition) is 3. The molecule has 88 valence electrons. The fourth-order valence-corrected chi connectivity index (χ4v) is 2.64. The van der Waals surface area contributed by atoms with Crippen LogP contribution in [0.5, 0.6) is 0 Å². The van der Waals surface area contributed by atoms with E-state index in [0.717, 1.165) is 19.1 Å².